The second-order valence-corrected chi connectivity index (χ2v) is 3.62. The lowest BCUT2D eigenvalue weighted by Crippen LogP contribution is -1.92. The number of benzene rings is 1. The fourth-order valence-corrected chi connectivity index (χ4v) is 1.68. The van der Waals surface area contributed by atoms with Gasteiger partial charge in [-0.05, 0) is 25.0 Å². The number of aryl methyl sites for hydroxylation is 1. The van der Waals surface area contributed by atoms with Gasteiger partial charge >= 0.3 is 0 Å². The standard InChI is InChI=1S/C10H10BrN/c1-7-4-3-5-9(10(7)11)8(2)6-12/h3-5,8H,1-2H3. The Labute approximate surface area is 81.2 Å². The molecule has 0 aliphatic carbocycles. The molecule has 0 N–H and O–H groups in total. The molecule has 0 aromatic heterocycles. The van der Waals surface area contributed by atoms with Gasteiger partial charge in [0.25, 0.3) is 0 Å². The zero-order valence-electron chi connectivity index (χ0n) is 7.13. The Morgan fingerprint density at radius 3 is 2.75 bits per heavy atom. The number of halogens is 1. The smallest absolute Gasteiger partial charge is 0.0701 e. The highest BCUT2D eigenvalue weighted by molar-refractivity contribution is 9.10. The fourth-order valence-electron chi connectivity index (χ4n) is 1.07. The summed E-state index contributed by atoms with van der Waals surface area (Å²) in [6.45, 7) is 3.93. The molecule has 1 unspecified atom stereocenters. The minimum absolute atomic E-state index is 0.0423. The summed E-state index contributed by atoms with van der Waals surface area (Å²) in [5, 5.41) is 8.73. The third-order valence-electron chi connectivity index (χ3n) is 1.88. The molecular formula is C10H10BrN. The maximum atomic E-state index is 8.73. The van der Waals surface area contributed by atoms with E-state index in [0.717, 1.165) is 10.0 Å². The van der Waals surface area contributed by atoms with Crippen molar-refractivity contribution < 1.29 is 0 Å². The average molecular weight is 224 g/mol. The number of nitriles is 1. The van der Waals surface area contributed by atoms with Crippen LogP contribution in [0.5, 0.6) is 0 Å². The molecule has 2 heteroatoms. The van der Waals surface area contributed by atoms with E-state index in [1.165, 1.54) is 5.56 Å². The molecule has 0 fully saturated rings. The van der Waals surface area contributed by atoms with E-state index < -0.39 is 0 Å². The maximum Gasteiger partial charge on any atom is 0.0701 e. The molecule has 0 aliphatic heterocycles. The largest absolute Gasteiger partial charge is 0.198 e. The van der Waals surface area contributed by atoms with E-state index in [1.54, 1.807) is 0 Å². The van der Waals surface area contributed by atoms with Gasteiger partial charge in [0.15, 0.2) is 0 Å². The van der Waals surface area contributed by atoms with Crippen molar-refractivity contribution in [1.82, 2.24) is 0 Å². The van der Waals surface area contributed by atoms with Crippen molar-refractivity contribution in [2.75, 3.05) is 0 Å². The monoisotopic (exact) mass is 223 g/mol. The van der Waals surface area contributed by atoms with E-state index in [4.69, 9.17) is 5.26 Å². The Bertz CT molecular complexity index is 325. The topological polar surface area (TPSA) is 23.8 Å². The maximum absolute atomic E-state index is 8.73. The predicted octanol–water partition coefficient (Wildman–Crippen LogP) is 3.38. The molecule has 0 aliphatic rings. The second kappa shape index (κ2) is 3.73. The van der Waals surface area contributed by atoms with Gasteiger partial charge in [-0.3, -0.25) is 0 Å². The van der Waals surface area contributed by atoms with Crippen molar-refractivity contribution in [2.24, 2.45) is 0 Å². The van der Waals surface area contributed by atoms with Crippen LogP contribution in [0.2, 0.25) is 0 Å². The highest BCUT2D eigenvalue weighted by atomic mass is 79.9. The first-order chi connectivity index (χ1) is 5.66. The molecule has 0 spiro atoms. The Balaban J connectivity index is 3.18. The molecule has 1 aromatic carbocycles. The summed E-state index contributed by atoms with van der Waals surface area (Å²) in [6, 6.07) is 8.20. The first-order valence-electron chi connectivity index (χ1n) is 3.81. The molecule has 0 saturated heterocycles. The Morgan fingerprint density at radius 1 is 1.50 bits per heavy atom. The Kier molecular flexibility index (Phi) is 2.88. The van der Waals surface area contributed by atoms with Crippen LogP contribution < -0.4 is 0 Å². The fraction of sp³-hybridized carbons (Fsp3) is 0.300. The van der Waals surface area contributed by atoms with Crippen molar-refractivity contribution in [2.45, 2.75) is 19.8 Å². The van der Waals surface area contributed by atoms with Gasteiger partial charge in [-0.25, -0.2) is 0 Å². The highest BCUT2D eigenvalue weighted by Gasteiger charge is 2.08. The number of rotatable bonds is 1. The molecule has 0 amide bonds. The normalized spacial score (nSPS) is 12.2. The van der Waals surface area contributed by atoms with Gasteiger partial charge in [-0.15, -0.1) is 0 Å². The van der Waals surface area contributed by atoms with Crippen molar-refractivity contribution >= 4 is 15.9 Å². The zero-order valence-corrected chi connectivity index (χ0v) is 8.72. The molecule has 1 atom stereocenters. The van der Waals surface area contributed by atoms with E-state index in [2.05, 4.69) is 22.0 Å². The van der Waals surface area contributed by atoms with Crippen LogP contribution in [0.3, 0.4) is 0 Å². The van der Waals surface area contributed by atoms with Crippen LogP contribution in [0.15, 0.2) is 22.7 Å². The van der Waals surface area contributed by atoms with Crippen molar-refractivity contribution in [3.63, 3.8) is 0 Å². The first kappa shape index (κ1) is 9.28. The van der Waals surface area contributed by atoms with E-state index in [1.807, 2.05) is 32.0 Å². The third kappa shape index (κ3) is 1.67. The van der Waals surface area contributed by atoms with Gasteiger partial charge in [0.2, 0.25) is 0 Å². The van der Waals surface area contributed by atoms with Crippen LogP contribution in [0.1, 0.15) is 24.0 Å². The van der Waals surface area contributed by atoms with Gasteiger partial charge in [-0.2, -0.15) is 5.26 Å². The van der Waals surface area contributed by atoms with Gasteiger partial charge in [0, 0.05) is 4.47 Å². The number of hydrogen-bond donors (Lipinski definition) is 0. The SMILES string of the molecule is Cc1cccc(C(C)C#N)c1Br. The minimum atomic E-state index is -0.0423. The molecule has 1 nitrogen and oxygen atoms in total. The quantitative estimate of drug-likeness (QED) is 0.717. The van der Waals surface area contributed by atoms with Crippen molar-refractivity contribution in [3.05, 3.63) is 33.8 Å². The van der Waals surface area contributed by atoms with E-state index in [-0.39, 0.29) is 5.92 Å². The van der Waals surface area contributed by atoms with E-state index >= 15 is 0 Å². The van der Waals surface area contributed by atoms with Gasteiger partial charge in [0.1, 0.15) is 0 Å². The predicted molar refractivity (Wildman–Crippen MR) is 52.9 cm³/mol. The Morgan fingerprint density at radius 2 is 2.17 bits per heavy atom. The lowest BCUT2D eigenvalue weighted by Gasteiger charge is -2.07. The summed E-state index contributed by atoms with van der Waals surface area (Å²) in [6.07, 6.45) is 0. The minimum Gasteiger partial charge on any atom is -0.198 e. The van der Waals surface area contributed by atoms with Gasteiger partial charge < -0.3 is 0 Å². The summed E-state index contributed by atoms with van der Waals surface area (Å²) in [4.78, 5) is 0. The molecular weight excluding hydrogens is 214 g/mol. The van der Waals surface area contributed by atoms with Crippen LogP contribution in [-0.2, 0) is 0 Å². The number of nitrogens with zero attached hydrogens (tertiary/aromatic N) is 1. The third-order valence-corrected chi connectivity index (χ3v) is 2.97. The molecule has 62 valence electrons. The molecule has 0 radical (unpaired) electrons. The molecule has 0 heterocycles. The Hall–Kier alpha value is -0.810. The summed E-state index contributed by atoms with van der Waals surface area (Å²) in [7, 11) is 0. The lowest BCUT2D eigenvalue weighted by molar-refractivity contribution is 0.969. The van der Waals surface area contributed by atoms with Crippen molar-refractivity contribution in [3.8, 4) is 6.07 Å². The van der Waals surface area contributed by atoms with E-state index in [0.29, 0.717) is 0 Å². The van der Waals surface area contributed by atoms with Gasteiger partial charge in [0.05, 0.1) is 12.0 Å². The van der Waals surface area contributed by atoms with Crippen LogP contribution in [0.25, 0.3) is 0 Å². The highest BCUT2D eigenvalue weighted by Crippen LogP contribution is 2.26. The molecule has 1 aromatic rings. The van der Waals surface area contributed by atoms with Crippen LogP contribution in [-0.4, -0.2) is 0 Å². The summed E-state index contributed by atoms with van der Waals surface area (Å²) in [5.74, 6) is -0.0423. The lowest BCUT2D eigenvalue weighted by atomic mass is 10.0. The van der Waals surface area contributed by atoms with Crippen LogP contribution in [0, 0.1) is 18.3 Å². The van der Waals surface area contributed by atoms with E-state index in [9.17, 15) is 0 Å². The first-order valence-corrected chi connectivity index (χ1v) is 4.60. The van der Waals surface area contributed by atoms with Crippen molar-refractivity contribution in [1.29, 1.82) is 5.26 Å². The summed E-state index contributed by atoms with van der Waals surface area (Å²) >= 11 is 3.47. The molecule has 1 rings (SSSR count). The average Bonchev–Trinajstić information content (AvgIpc) is 2.08. The van der Waals surface area contributed by atoms with Crippen LogP contribution >= 0.6 is 15.9 Å². The molecule has 12 heavy (non-hydrogen) atoms. The van der Waals surface area contributed by atoms with Gasteiger partial charge in [-0.1, -0.05) is 34.1 Å². The second-order valence-electron chi connectivity index (χ2n) is 2.83. The van der Waals surface area contributed by atoms with Crippen LogP contribution in [0.4, 0.5) is 0 Å². The molecule has 0 bridgehead atoms. The summed E-state index contributed by atoms with van der Waals surface area (Å²) in [5.41, 5.74) is 2.24. The molecule has 0 saturated carbocycles. The zero-order chi connectivity index (χ0) is 9.14. The summed E-state index contributed by atoms with van der Waals surface area (Å²) < 4.78 is 1.05. The number of hydrogen-bond acceptors (Lipinski definition) is 1.